The molecule has 1 aromatic heterocycles. The Kier molecular flexibility index (Phi) is 6.38. The highest BCUT2D eigenvalue weighted by Gasteiger charge is 2.13. The summed E-state index contributed by atoms with van der Waals surface area (Å²) < 4.78 is 40.2. The van der Waals surface area contributed by atoms with Crippen molar-refractivity contribution in [1.29, 1.82) is 0 Å². The van der Waals surface area contributed by atoms with Crippen molar-refractivity contribution < 1.29 is 17.6 Å². The van der Waals surface area contributed by atoms with Gasteiger partial charge in [0.15, 0.2) is 5.78 Å². The van der Waals surface area contributed by atoms with Crippen LogP contribution in [-0.4, -0.2) is 29.7 Å². The van der Waals surface area contributed by atoms with E-state index in [1.54, 1.807) is 25.1 Å². The molecule has 0 spiro atoms. The smallest absolute Gasteiger partial charge is 0.232 e. The number of hydrogen-bond donors (Lipinski definition) is 1. The molecule has 1 heterocycles. The van der Waals surface area contributed by atoms with Crippen LogP contribution < -0.4 is 4.72 Å². The predicted octanol–water partition coefficient (Wildman–Crippen LogP) is 4.63. The van der Waals surface area contributed by atoms with Crippen molar-refractivity contribution in [2.45, 2.75) is 13.8 Å². The van der Waals surface area contributed by atoms with E-state index in [-0.39, 0.29) is 17.4 Å². The maximum atomic E-state index is 13.1. The molecule has 0 bridgehead atoms. The number of carbonyl (C=O) groups excluding carboxylic acids is 1. The maximum absolute atomic E-state index is 13.1. The number of anilines is 1. The van der Waals surface area contributed by atoms with Gasteiger partial charge in [-0.25, -0.2) is 17.5 Å². The lowest BCUT2D eigenvalue weighted by atomic mass is 10.1. The van der Waals surface area contributed by atoms with Gasteiger partial charge < -0.3 is 0 Å². The van der Waals surface area contributed by atoms with Crippen molar-refractivity contribution in [2.75, 3.05) is 10.5 Å². The van der Waals surface area contributed by atoms with Gasteiger partial charge in [0.2, 0.25) is 10.0 Å². The summed E-state index contributed by atoms with van der Waals surface area (Å²) in [6.07, 6.45) is 2.94. The molecule has 0 aliphatic rings. The molecule has 6 nitrogen and oxygen atoms in total. The first-order valence-corrected chi connectivity index (χ1v) is 11.1. The van der Waals surface area contributed by atoms with Crippen LogP contribution in [0.3, 0.4) is 0 Å². The van der Waals surface area contributed by atoms with Crippen LogP contribution in [0, 0.1) is 12.7 Å². The first-order valence-electron chi connectivity index (χ1n) is 9.04. The second-order valence-electron chi connectivity index (χ2n) is 6.46. The molecule has 0 fully saturated rings. The van der Waals surface area contributed by atoms with Gasteiger partial charge in [0.25, 0.3) is 0 Å². The topological polar surface area (TPSA) is 81.1 Å². The van der Waals surface area contributed by atoms with E-state index in [0.717, 1.165) is 0 Å². The Balaban J connectivity index is 1.79. The van der Waals surface area contributed by atoms with E-state index in [9.17, 15) is 17.6 Å². The summed E-state index contributed by atoms with van der Waals surface area (Å²) in [6, 6.07) is 11.9. The van der Waals surface area contributed by atoms with Crippen LogP contribution in [0.15, 0.2) is 54.6 Å². The number of benzene rings is 2. The Hall–Kier alpha value is -2.97. The number of aromatic nitrogens is 2. The van der Waals surface area contributed by atoms with Crippen LogP contribution in [0.25, 0.3) is 11.8 Å². The molecule has 0 aliphatic carbocycles. The summed E-state index contributed by atoms with van der Waals surface area (Å²) in [6.45, 7) is 3.29. The third-order valence-electron chi connectivity index (χ3n) is 4.34. The van der Waals surface area contributed by atoms with Crippen LogP contribution in [0.5, 0.6) is 0 Å². The van der Waals surface area contributed by atoms with Crippen LogP contribution in [0.2, 0.25) is 5.15 Å². The fourth-order valence-electron chi connectivity index (χ4n) is 2.66. The molecule has 0 atom stereocenters. The summed E-state index contributed by atoms with van der Waals surface area (Å²) in [5.74, 6) is -0.676. The molecule has 0 aliphatic heterocycles. The highest BCUT2D eigenvalue weighted by atomic mass is 35.5. The van der Waals surface area contributed by atoms with Crippen LogP contribution in [0.4, 0.5) is 10.1 Å². The van der Waals surface area contributed by atoms with E-state index in [0.29, 0.717) is 33.3 Å². The largest absolute Gasteiger partial charge is 0.289 e. The van der Waals surface area contributed by atoms with Crippen LogP contribution in [-0.2, 0) is 10.0 Å². The zero-order valence-corrected chi connectivity index (χ0v) is 17.8. The number of carbonyl (C=O) groups is 1. The first kappa shape index (κ1) is 21.7. The first-order chi connectivity index (χ1) is 14.2. The number of nitrogens with one attached hydrogen (secondary N) is 1. The standard InChI is InChI=1S/C21H19ClFN3O3S/c1-3-30(28,29)25-17-8-4-15(5-9-17)20(27)13-12-19-14(2)24-26(21(19)22)18-10-6-16(23)7-11-18/h4-13,25H,3H2,1-2H3/b13-12+. The Bertz CT molecular complexity index is 1200. The van der Waals surface area contributed by atoms with Crippen molar-refractivity contribution in [3.05, 3.63) is 82.4 Å². The minimum atomic E-state index is -3.38. The van der Waals surface area contributed by atoms with Gasteiger partial charge in [-0.3, -0.25) is 9.52 Å². The lowest BCUT2D eigenvalue weighted by molar-refractivity contribution is 0.104. The molecule has 156 valence electrons. The van der Waals surface area contributed by atoms with Gasteiger partial charge >= 0.3 is 0 Å². The second-order valence-corrected chi connectivity index (χ2v) is 8.83. The monoisotopic (exact) mass is 447 g/mol. The molecule has 9 heteroatoms. The third-order valence-corrected chi connectivity index (χ3v) is 6.01. The van der Waals surface area contributed by atoms with Crippen molar-refractivity contribution in [2.24, 2.45) is 0 Å². The van der Waals surface area contributed by atoms with Gasteiger partial charge in [-0.05, 0) is 74.5 Å². The number of nitrogens with zero attached hydrogens (tertiary/aromatic N) is 2. The maximum Gasteiger partial charge on any atom is 0.232 e. The van der Waals surface area contributed by atoms with Gasteiger partial charge in [-0.15, -0.1) is 0 Å². The Labute approximate surface area is 179 Å². The zero-order valence-electron chi connectivity index (χ0n) is 16.3. The molecule has 0 unspecified atom stereocenters. The summed E-state index contributed by atoms with van der Waals surface area (Å²) in [7, 11) is -3.38. The van der Waals surface area contributed by atoms with E-state index in [4.69, 9.17) is 11.6 Å². The van der Waals surface area contributed by atoms with Crippen LogP contribution in [0.1, 0.15) is 28.5 Å². The van der Waals surface area contributed by atoms with Gasteiger partial charge in [0, 0.05) is 16.8 Å². The predicted molar refractivity (Wildman–Crippen MR) is 116 cm³/mol. The quantitative estimate of drug-likeness (QED) is 0.423. The summed E-state index contributed by atoms with van der Waals surface area (Å²) >= 11 is 6.41. The molecule has 0 saturated carbocycles. The van der Waals surface area contributed by atoms with E-state index in [2.05, 4.69) is 9.82 Å². The molecule has 3 aromatic rings. The number of sulfonamides is 1. The van der Waals surface area contributed by atoms with E-state index in [1.807, 2.05) is 0 Å². The summed E-state index contributed by atoms with van der Waals surface area (Å²) in [5, 5.41) is 4.65. The van der Waals surface area contributed by atoms with Crippen molar-refractivity contribution in [1.82, 2.24) is 9.78 Å². The number of aryl methyl sites for hydroxylation is 1. The Morgan fingerprint density at radius 2 is 1.80 bits per heavy atom. The zero-order chi connectivity index (χ0) is 21.9. The Morgan fingerprint density at radius 1 is 1.17 bits per heavy atom. The van der Waals surface area contributed by atoms with Gasteiger partial charge in [-0.1, -0.05) is 11.6 Å². The molecular weight excluding hydrogens is 429 g/mol. The average Bonchev–Trinajstić information content (AvgIpc) is 3.00. The number of halogens is 2. The number of hydrogen-bond acceptors (Lipinski definition) is 4. The molecule has 0 amide bonds. The Morgan fingerprint density at radius 3 is 2.40 bits per heavy atom. The second kappa shape index (κ2) is 8.81. The molecular formula is C21H19ClFN3O3S. The molecule has 0 saturated heterocycles. The number of rotatable bonds is 7. The van der Waals surface area contributed by atoms with E-state index in [1.165, 1.54) is 54.1 Å². The molecule has 2 aromatic carbocycles. The van der Waals surface area contributed by atoms with E-state index < -0.39 is 10.0 Å². The highest BCUT2D eigenvalue weighted by molar-refractivity contribution is 7.92. The number of ketones is 1. The fraction of sp³-hybridized carbons (Fsp3) is 0.143. The van der Waals surface area contributed by atoms with E-state index >= 15 is 0 Å². The summed E-state index contributed by atoms with van der Waals surface area (Å²) in [5.41, 5.74) is 2.56. The van der Waals surface area contributed by atoms with Crippen LogP contribution >= 0.6 is 11.6 Å². The van der Waals surface area contributed by atoms with Crippen molar-refractivity contribution in [3.63, 3.8) is 0 Å². The SMILES string of the molecule is CCS(=O)(=O)Nc1ccc(C(=O)/C=C/c2c(C)nn(-c3ccc(F)cc3)c2Cl)cc1. The average molecular weight is 448 g/mol. The number of allylic oxidation sites excluding steroid dienone is 1. The van der Waals surface area contributed by atoms with Crippen molar-refractivity contribution in [3.8, 4) is 5.69 Å². The molecule has 30 heavy (non-hydrogen) atoms. The summed E-state index contributed by atoms with van der Waals surface area (Å²) in [4.78, 5) is 12.5. The van der Waals surface area contributed by atoms with Gasteiger partial charge in [0.05, 0.1) is 17.1 Å². The normalized spacial score (nSPS) is 11.7. The lowest BCUT2D eigenvalue weighted by Gasteiger charge is -2.06. The van der Waals surface area contributed by atoms with Gasteiger partial charge in [0.1, 0.15) is 11.0 Å². The van der Waals surface area contributed by atoms with Crippen molar-refractivity contribution >= 4 is 39.2 Å². The minimum Gasteiger partial charge on any atom is -0.289 e. The fourth-order valence-corrected chi connectivity index (χ4v) is 3.64. The highest BCUT2D eigenvalue weighted by Crippen LogP contribution is 2.25. The van der Waals surface area contributed by atoms with Gasteiger partial charge in [-0.2, -0.15) is 5.10 Å². The molecule has 3 rings (SSSR count). The molecule has 0 radical (unpaired) electrons. The third kappa shape index (κ3) is 4.95. The minimum absolute atomic E-state index is 0.0395. The lowest BCUT2D eigenvalue weighted by Crippen LogP contribution is -2.14. The molecule has 1 N–H and O–H groups in total.